The zero-order chi connectivity index (χ0) is 13.3. The molecule has 2 atom stereocenters. The van der Waals surface area contributed by atoms with Crippen LogP contribution in [0.15, 0.2) is 6.33 Å². The van der Waals surface area contributed by atoms with E-state index in [1.54, 1.807) is 0 Å². The predicted molar refractivity (Wildman–Crippen MR) is 73.4 cm³/mol. The second-order valence-electron chi connectivity index (χ2n) is 5.22. The topological polar surface area (TPSA) is 38.2 Å². The van der Waals surface area contributed by atoms with Crippen molar-refractivity contribution < 1.29 is 4.74 Å². The van der Waals surface area contributed by atoms with Crippen molar-refractivity contribution in [2.24, 2.45) is 0 Å². The molecule has 18 heavy (non-hydrogen) atoms. The molecule has 2 unspecified atom stereocenters. The van der Waals surface area contributed by atoms with Crippen molar-refractivity contribution in [3.05, 3.63) is 17.0 Å². The Balaban J connectivity index is 2.35. The summed E-state index contributed by atoms with van der Waals surface area (Å²) in [6.45, 7) is 10.1. The van der Waals surface area contributed by atoms with Crippen molar-refractivity contribution in [3.8, 4) is 0 Å². The van der Waals surface area contributed by atoms with E-state index in [4.69, 9.17) is 16.3 Å². The molecule has 5 heteroatoms. The highest BCUT2D eigenvalue weighted by Crippen LogP contribution is 2.31. The van der Waals surface area contributed by atoms with Gasteiger partial charge in [-0.1, -0.05) is 25.4 Å². The summed E-state index contributed by atoms with van der Waals surface area (Å²) in [5, 5.41) is 0.557. The van der Waals surface area contributed by atoms with Crippen LogP contribution < -0.4 is 4.90 Å². The SMILES string of the molecule is CC1CN(c2ncnc(Cl)c2C(C)C)CC(C)O1. The molecule has 0 amide bonds. The van der Waals surface area contributed by atoms with Crippen LogP contribution in [0, 0.1) is 0 Å². The Kier molecular flexibility index (Phi) is 4.07. The maximum Gasteiger partial charge on any atom is 0.138 e. The van der Waals surface area contributed by atoms with E-state index in [9.17, 15) is 0 Å². The fourth-order valence-corrected chi connectivity index (χ4v) is 2.81. The van der Waals surface area contributed by atoms with E-state index in [2.05, 4.69) is 42.6 Å². The second-order valence-corrected chi connectivity index (χ2v) is 5.58. The standard InChI is InChI=1S/C13H20ClN3O/c1-8(2)11-12(14)15-7-16-13(11)17-5-9(3)18-10(4)6-17/h7-10H,5-6H2,1-4H3. The Morgan fingerprint density at radius 1 is 1.28 bits per heavy atom. The van der Waals surface area contributed by atoms with Crippen molar-refractivity contribution in [1.82, 2.24) is 9.97 Å². The maximum atomic E-state index is 6.21. The summed E-state index contributed by atoms with van der Waals surface area (Å²) in [5.74, 6) is 1.26. The first-order valence-electron chi connectivity index (χ1n) is 6.39. The summed E-state index contributed by atoms with van der Waals surface area (Å²) in [5.41, 5.74) is 1.03. The van der Waals surface area contributed by atoms with E-state index in [1.807, 2.05) is 0 Å². The smallest absolute Gasteiger partial charge is 0.138 e. The summed E-state index contributed by atoms with van der Waals surface area (Å²) in [7, 11) is 0. The molecule has 0 aromatic carbocycles. The molecule has 1 aliphatic heterocycles. The molecular weight excluding hydrogens is 250 g/mol. The molecule has 2 heterocycles. The molecule has 0 bridgehead atoms. The monoisotopic (exact) mass is 269 g/mol. The lowest BCUT2D eigenvalue weighted by atomic mass is 10.0. The first kappa shape index (κ1) is 13.6. The van der Waals surface area contributed by atoms with Crippen LogP contribution >= 0.6 is 11.6 Å². The molecule has 1 fully saturated rings. The normalized spacial score (nSPS) is 24.7. The summed E-state index contributed by atoms with van der Waals surface area (Å²) in [6.07, 6.45) is 1.96. The van der Waals surface area contributed by atoms with Crippen LogP contribution in [0.2, 0.25) is 5.15 Å². The average Bonchev–Trinajstić information content (AvgIpc) is 2.26. The quantitative estimate of drug-likeness (QED) is 0.774. The molecule has 100 valence electrons. The van der Waals surface area contributed by atoms with Gasteiger partial charge in [-0.3, -0.25) is 0 Å². The van der Waals surface area contributed by atoms with Crippen molar-refractivity contribution in [2.75, 3.05) is 18.0 Å². The molecule has 0 radical (unpaired) electrons. The van der Waals surface area contributed by atoms with E-state index < -0.39 is 0 Å². The highest BCUT2D eigenvalue weighted by atomic mass is 35.5. The third-order valence-corrected chi connectivity index (χ3v) is 3.41. The van der Waals surface area contributed by atoms with Crippen LogP contribution in [0.4, 0.5) is 5.82 Å². The Morgan fingerprint density at radius 3 is 2.44 bits per heavy atom. The third-order valence-electron chi connectivity index (χ3n) is 3.11. The summed E-state index contributed by atoms with van der Waals surface area (Å²) >= 11 is 6.21. The Morgan fingerprint density at radius 2 is 1.89 bits per heavy atom. The van der Waals surface area contributed by atoms with E-state index >= 15 is 0 Å². The highest BCUT2D eigenvalue weighted by molar-refractivity contribution is 6.30. The van der Waals surface area contributed by atoms with Gasteiger partial charge in [0.25, 0.3) is 0 Å². The molecule has 0 N–H and O–H groups in total. The number of hydrogen-bond donors (Lipinski definition) is 0. The zero-order valence-electron chi connectivity index (χ0n) is 11.4. The van der Waals surface area contributed by atoms with Gasteiger partial charge >= 0.3 is 0 Å². The molecule has 1 aliphatic rings. The molecule has 0 saturated carbocycles. The van der Waals surface area contributed by atoms with E-state index in [1.165, 1.54) is 6.33 Å². The van der Waals surface area contributed by atoms with Gasteiger partial charge in [-0.05, 0) is 19.8 Å². The first-order chi connectivity index (χ1) is 8.49. The number of morpholine rings is 1. The third kappa shape index (κ3) is 2.75. The number of rotatable bonds is 2. The van der Waals surface area contributed by atoms with Gasteiger partial charge in [-0.2, -0.15) is 0 Å². The van der Waals surface area contributed by atoms with Crippen molar-refractivity contribution in [1.29, 1.82) is 0 Å². The number of halogens is 1. The minimum absolute atomic E-state index is 0.211. The van der Waals surface area contributed by atoms with Crippen LogP contribution in [-0.4, -0.2) is 35.3 Å². The minimum Gasteiger partial charge on any atom is -0.372 e. The number of aromatic nitrogens is 2. The van der Waals surface area contributed by atoms with Crippen LogP contribution in [0.3, 0.4) is 0 Å². The fourth-order valence-electron chi connectivity index (χ4n) is 2.46. The minimum atomic E-state index is 0.211. The largest absolute Gasteiger partial charge is 0.372 e. The van der Waals surface area contributed by atoms with Crippen LogP contribution in [-0.2, 0) is 4.74 Å². The number of nitrogens with zero attached hydrogens (tertiary/aromatic N) is 3. The summed E-state index contributed by atoms with van der Waals surface area (Å²) in [6, 6.07) is 0. The van der Waals surface area contributed by atoms with Gasteiger partial charge in [-0.15, -0.1) is 0 Å². The zero-order valence-corrected chi connectivity index (χ0v) is 12.1. The van der Waals surface area contributed by atoms with Crippen molar-refractivity contribution >= 4 is 17.4 Å². The Labute approximate surface area is 113 Å². The van der Waals surface area contributed by atoms with Gasteiger partial charge in [0.05, 0.1) is 12.2 Å². The average molecular weight is 270 g/mol. The molecule has 1 saturated heterocycles. The van der Waals surface area contributed by atoms with Crippen molar-refractivity contribution in [3.63, 3.8) is 0 Å². The van der Waals surface area contributed by atoms with Crippen molar-refractivity contribution in [2.45, 2.75) is 45.8 Å². The number of hydrogen-bond acceptors (Lipinski definition) is 4. The molecule has 0 spiro atoms. The van der Waals surface area contributed by atoms with E-state index in [-0.39, 0.29) is 12.2 Å². The van der Waals surface area contributed by atoms with Crippen LogP contribution in [0.1, 0.15) is 39.2 Å². The molecule has 0 aliphatic carbocycles. The lowest BCUT2D eigenvalue weighted by Crippen LogP contribution is -2.46. The van der Waals surface area contributed by atoms with Crippen LogP contribution in [0.25, 0.3) is 0 Å². The molecule has 2 rings (SSSR count). The molecule has 4 nitrogen and oxygen atoms in total. The summed E-state index contributed by atoms with van der Waals surface area (Å²) < 4.78 is 5.75. The molecule has 1 aromatic heterocycles. The van der Waals surface area contributed by atoms with Gasteiger partial charge in [0.2, 0.25) is 0 Å². The van der Waals surface area contributed by atoms with Crippen LogP contribution in [0.5, 0.6) is 0 Å². The lowest BCUT2D eigenvalue weighted by molar-refractivity contribution is -0.00553. The predicted octanol–water partition coefficient (Wildman–Crippen LogP) is 2.87. The summed E-state index contributed by atoms with van der Waals surface area (Å²) in [4.78, 5) is 10.8. The fraction of sp³-hybridized carbons (Fsp3) is 0.692. The van der Waals surface area contributed by atoms with Gasteiger partial charge in [-0.25, -0.2) is 9.97 Å². The van der Waals surface area contributed by atoms with Gasteiger partial charge in [0.1, 0.15) is 17.3 Å². The first-order valence-corrected chi connectivity index (χ1v) is 6.77. The Hall–Kier alpha value is -0.870. The van der Waals surface area contributed by atoms with Gasteiger partial charge < -0.3 is 9.64 Å². The van der Waals surface area contributed by atoms with Gasteiger partial charge in [0.15, 0.2) is 0 Å². The Bertz CT molecular complexity index is 415. The molecular formula is C13H20ClN3O. The number of ether oxygens (including phenoxy) is 1. The van der Waals surface area contributed by atoms with Gasteiger partial charge in [0, 0.05) is 18.7 Å². The maximum absolute atomic E-state index is 6.21. The lowest BCUT2D eigenvalue weighted by Gasteiger charge is -2.37. The van der Waals surface area contributed by atoms with E-state index in [0.29, 0.717) is 11.1 Å². The molecule has 1 aromatic rings. The highest BCUT2D eigenvalue weighted by Gasteiger charge is 2.26. The second kappa shape index (κ2) is 5.41. The number of anilines is 1. The van der Waals surface area contributed by atoms with E-state index in [0.717, 1.165) is 24.5 Å².